The quantitative estimate of drug-likeness (QED) is 0.112. The number of hydrogen-bond donors (Lipinski definition) is 3. The summed E-state index contributed by atoms with van der Waals surface area (Å²) in [7, 11) is -3.59. The third-order valence-corrected chi connectivity index (χ3v) is 14.4. The number of aliphatic hydroxyl groups excluding tert-OH is 2. The second kappa shape index (κ2) is 15.8. The van der Waals surface area contributed by atoms with E-state index in [0.717, 1.165) is 12.0 Å². The summed E-state index contributed by atoms with van der Waals surface area (Å²) in [6.45, 7) is 8.49. The molecule has 11 nitrogen and oxygen atoms in total. The zero-order valence-electron chi connectivity index (χ0n) is 32.2. The summed E-state index contributed by atoms with van der Waals surface area (Å²) < 4.78 is 29.5. The van der Waals surface area contributed by atoms with Crippen LogP contribution in [0.4, 0.5) is 26.9 Å². The standard InChI is InChI=1S/C42H53FN4O7Si/c1-5-53-32-16-18-35-28(22-32)23-34(44-19-9-10-21-48)40(51)46(35)30-15-17-36-33(24-30)42(41(52)47(36)29-12-7-6-8-13-29)27(2)39(55(3,4)43)37(54-42)25-38(50)45-20-11-14-31(45)26-49/h6-8,12-13,15-18,22,24,27,31,34,37,39,44,48-49H,5,9-11,14,19-21,23,25-26H2,1-4H3/t27-,31+,34?,37+,39-,42+/m1/s1. The molecule has 0 aliphatic carbocycles. The molecule has 3 N–H and O–H groups in total. The molecule has 3 aromatic carbocycles. The number of nitrogens with one attached hydrogen (secondary N) is 1. The molecule has 4 aliphatic heterocycles. The zero-order chi connectivity index (χ0) is 39.1. The fraction of sp³-hybridized carbons (Fsp3) is 0.500. The maximum Gasteiger partial charge on any atom is 0.268 e. The van der Waals surface area contributed by atoms with Crippen molar-refractivity contribution in [1.29, 1.82) is 0 Å². The van der Waals surface area contributed by atoms with Crippen LogP contribution in [0.3, 0.4) is 0 Å². The molecule has 55 heavy (non-hydrogen) atoms. The Morgan fingerprint density at radius 2 is 1.78 bits per heavy atom. The molecule has 13 heteroatoms. The molecule has 0 aromatic heterocycles. The number of anilines is 4. The summed E-state index contributed by atoms with van der Waals surface area (Å²) in [5.74, 6) is -0.696. The summed E-state index contributed by atoms with van der Waals surface area (Å²) >= 11 is 0. The Hall–Kier alpha value is -4.14. The van der Waals surface area contributed by atoms with Crippen molar-refractivity contribution in [2.24, 2.45) is 5.92 Å². The zero-order valence-corrected chi connectivity index (χ0v) is 33.2. The Bertz CT molecular complexity index is 1910. The minimum absolute atomic E-state index is 0.0719. The van der Waals surface area contributed by atoms with Crippen LogP contribution in [-0.2, 0) is 31.1 Å². The number of likely N-dealkylation sites (tertiary alicyclic amines) is 1. The second-order valence-corrected chi connectivity index (χ2v) is 19.6. The van der Waals surface area contributed by atoms with Crippen molar-refractivity contribution in [3.63, 3.8) is 0 Å². The van der Waals surface area contributed by atoms with Gasteiger partial charge in [-0.25, -0.2) is 0 Å². The van der Waals surface area contributed by atoms with E-state index in [2.05, 4.69) is 5.32 Å². The van der Waals surface area contributed by atoms with E-state index in [-0.39, 0.29) is 43.4 Å². The first kappa shape index (κ1) is 39.1. The van der Waals surface area contributed by atoms with Crippen molar-refractivity contribution in [3.8, 4) is 5.75 Å². The van der Waals surface area contributed by atoms with Gasteiger partial charge in [0.25, 0.3) is 5.91 Å². The van der Waals surface area contributed by atoms with Crippen LogP contribution in [0.1, 0.15) is 57.1 Å². The number of unbranched alkanes of at least 4 members (excludes halogenated alkanes) is 1. The van der Waals surface area contributed by atoms with E-state index in [9.17, 15) is 19.8 Å². The largest absolute Gasteiger partial charge is 0.494 e. The molecular weight excluding hydrogens is 720 g/mol. The highest BCUT2D eigenvalue weighted by Crippen LogP contribution is 2.62. The molecule has 0 saturated carbocycles. The highest BCUT2D eigenvalue weighted by atomic mass is 28.4. The van der Waals surface area contributed by atoms with Gasteiger partial charge in [0.1, 0.15) is 5.75 Å². The maximum atomic E-state index is 16.7. The summed E-state index contributed by atoms with van der Waals surface area (Å²) in [6, 6.07) is 19.6. The van der Waals surface area contributed by atoms with Gasteiger partial charge in [-0.05, 0) is 113 Å². The highest BCUT2D eigenvalue weighted by molar-refractivity contribution is 6.72. The number of rotatable bonds is 13. The molecule has 1 unspecified atom stereocenters. The Kier molecular flexibility index (Phi) is 11.2. The maximum absolute atomic E-state index is 16.7. The van der Waals surface area contributed by atoms with Crippen molar-refractivity contribution in [2.45, 2.75) is 94.8 Å². The highest BCUT2D eigenvalue weighted by Gasteiger charge is 2.67. The number of nitrogens with zero attached hydrogens (tertiary/aromatic N) is 3. The number of amides is 3. The van der Waals surface area contributed by atoms with E-state index in [1.54, 1.807) is 27.8 Å². The first-order valence-electron chi connectivity index (χ1n) is 19.7. The number of benzene rings is 3. The molecule has 3 amide bonds. The summed E-state index contributed by atoms with van der Waals surface area (Å²) in [5.41, 5.74) is 1.52. The number of carbonyl (C=O) groups is 3. The Morgan fingerprint density at radius 3 is 2.49 bits per heavy atom. The van der Waals surface area contributed by atoms with Gasteiger partial charge in [0, 0.05) is 41.5 Å². The predicted octanol–water partition coefficient (Wildman–Crippen LogP) is 5.86. The lowest BCUT2D eigenvalue weighted by Crippen LogP contribution is -2.49. The van der Waals surface area contributed by atoms with Crippen LogP contribution in [0.15, 0.2) is 66.7 Å². The van der Waals surface area contributed by atoms with Crippen molar-refractivity contribution in [2.75, 3.05) is 42.7 Å². The minimum atomic E-state index is -3.59. The van der Waals surface area contributed by atoms with E-state index < -0.39 is 37.6 Å². The van der Waals surface area contributed by atoms with Crippen molar-refractivity contribution in [3.05, 3.63) is 77.9 Å². The predicted molar refractivity (Wildman–Crippen MR) is 211 cm³/mol. The van der Waals surface area contributed by atoms with Gasteiger partial charge < -0.3 is 34.0 Å². The van der Waals surface area contributed by atoms with Crippen molar-refractivity contribution in [1.82, 2.24) is 10.2 Å². The van der Waals surface area contributed by atoms with E-state index in [0.29, 0.717) is 79.4 Å². The molecule has 294 valence electrons. The van der Waals surface area contributed by atoms with Crippen LogP contribution >= 0.6 is 0 Å². The number of fused-ring (bicyclic) bond motifs is 3. The molecule has 0 radical (unpaired) electrons. The third-order valence-electron chi connectivity index (χ3n) is 11.9. The Morgan fingerprint density at radius 1 is 1.02 bits per heavy atom. The summed E-state index contributed by atoms with van der Waals surface area (Å²) in [4.78, 5) is 48.5. The number of carbonyl (C=O) groups excluding carboxylic acids is 3. The normalized spacial score (nSPS) is 26.2. The number of ether oxygens (including phenoxy) is 2. The molecule has 2 saturated heterocycles. The lowest BCUT2D eigenvalue weighted by atomic mass is 9.82. The SMILES string of the molecule is CCOc1ccc2c(c1)CC(NCCCCO)C(=O)N2c1ccc2c(c1)[C@]1(O[C@@H](CC(=O)N3CCC[C@H]3CO)[C@H]([Si](C)(C)F)[C@H]1C)C(=O)N2c1ccccc1. The van der Waals surface area contributed by atoms with Gasteiger partial charge in [0.05, 0.1) is 49.2 Å². The first-order chi connectivity index (χ1) is 26.4. The van der Waals surface area contributed by atoms with Gasteiger partial charge >= 0.3 is 0 Å². The van der Waals surface area contributed by atoms with Gasteiger partial charge in [-0.2, -0.15) is 0 Å². The second-order valence-electron chi connectivity index (χ2n) is 15.8. The smallest absolute Gasteiger partial charge is 0.268 e. The summed E-state index contributed by atoms with van der Waals surface area (Å²) in [5, 5.41) is 22.7. The topological polar surface area (TPSA) is 132 Å². The molecule has 4 heterocycles. The van der Waals surface area contributed by atoms with Crippen LogP contribution in [-0.4, -0.2) is 92.3 Å². The van der Waals surface area contributed by atoms with Gasteiger partial charge in [-0.3, -0.25) is 24.2 Å². The van der Waals surface area contributed by atoms with Gasteiger partial charge in [-0.1, -0.05) is 25.1 Å². The number of hydrogen-bond acceptors (Lipinski definition) is 8. The third kappa shape index (κ3) is 6.98. The first-order valence-corrected chi connectivity index (χ1v) is 22.6. The number of para-hydroxylation sites is 1. The monoisotopic (exact) mass is 772 g/mol. The van der Waals surface area contributed by atoms with E-state index >= 15 is 8.90 Å². The van der Waals surface area contributed by atoms with E-state index in [1.807, 2.05) is 80.6 Å². The van der Waals surface area contributed by atoms with Gasteiger partial charge in [0.2, 0.25) is 20.2 Å². The molecule has 1 spiro atoms. The van der Waals surface area contributed by atoms with Crippen LogP contribution in [0.5, 0.6) is 5.75 Å². The van der Waals surface area contributed by atoms with E-state index in [4.69, 9.17) is 9.47 Å². The average Bonchev–Trinajstić information content (AvgIpc) is 3.83. The molecule has 6 atom stereocenters. The molecule has 7 rings (SSSR count). The molecule has 2 fully saturated rings. The Balaban J connectivity index is 1.34. The fourth-order valence-electron chi connectivity index (χ4n) is 9.50. The fourth-order valence-corrected chi connectivity index (χ4v) is 12.0. The molecular formula is C42H53FN4O7Si. The lowest BCUT2D eigenvalue weighted by Gasteiger charge is -2.36. The molecule has 0 bridgehead atoms. The van der Waals surface area contributed by atoms with Gasteiger partial charge in [-0.15, -0.1) is 0 Å². The lowest BCUT2D eigenvalue weighted by molar-refractivity contribution is -0.149. The van der Waals surface area contributed by atoms with Crippen LogP contribution in [0.2, 0.25) is 18.6 Å². The van der Waals surface area contributed by atoms with Crippen LogP contribution in [0, 0.1) is 5.92 Å². The van der Waals surface area contributed by atoms with E-state index in [1.165, 1.54) is 0 Å². The summed E-state index contributed by atoms with van der Waals surface area (Å²) in [6.07, 6.45) is 2.26. The van der Waals surface area contributed by atoms with Crippen molar-refractivity contribution < 1.29 is 38.2 Å². The minimum Gasteiger partial charge on any atom is -0.494 e. The number of aliphatic hydroxyl groups is 2. The van der Waals surface area contributed by atoms with Crippen molar-refractivity contribution >= 4 is 48.9 Å². The number of halogens is 1. The molecule has 4 aliphatic rings. The van der Waals surface area contributed by atoms with Crippen LogP contribution in [0.25, 0.3) is 0 Å². The Labute approximate surface area is 323 Å². The average molecular weight is 773 g/mol. The van der Waals surface area contributed by atoms with Gasteiger partial charge in [0.15, 0.2) is 5.60 Å². The van der Waals surface area contributed by atoms with Crippen LogP contribution < -0.4 is 19.9 Å². The molecule has 3 aromatic rings.